The SMILES string of the molecule is COc1ccc(S(=O)(=O)N(Cc2cccnc2)c2c(C)cc(-c3cccc(C=O)c3)cc2C(=O)O)cc1. The van der Waals surface area contributed by atoms with Gasteiger partial charge >= 0.3 is 5.97 Å². The van der Waals surface area contributed by atoms with E-state index in [2.05, 4.69) is 4.98 Å². The molecule has 0 bridgehead atoms. The Labute approximate surface area is 214 Å². The summed E-state index contributed by atoms with van der Waals surface area (Å²) in [7, 11) is -2.72. The number of aryl methyl sites for hydroxylation is 1. The third-order valence-electron chi connectivity index (χ3n) is 5.83. The summed E-state index contributed by atoms with van der Waals surface area (Å²) >= 11 is 0. The molecule has 0 saturated carbocycles. The second-order valence-corrected chi connectivity index (χ2v) is 10.1. The van der Waals surface area contributed by atoms with Crippen LogP contribution in [0.4, 0.5) is 5.69 Å². The van der Waals surface area contributed by atoms with Gasteiger partial charge in [0.15, 0.2) is 0 Å². The molecule has 0 aliphatic carbocycles. The van der Waals surface area contributed by atoms with Gasteiger partial charge in [0.1, 0.15) is 12.0 Å². The topological polar surface area (TPSA) is 114 Å². The van der Waals surface area contributed by atoms with Crippen molar-refractivity contribution < 1.29 is 27.9 Å². The molecule has 0 unspecified atom stereocenters. The van der Waals surface area contributed by atoms with Crippen molar-refractivity contribution in [1.29, 1.82) is 0 Å². The summed E-state index contributed by atoms with van der Waals surface area (Å²) in [5.74, 6) is -0.797. The van der Waals surface area contributed by atoms with Crippen LogP contribution in [0.15, 0.2) is 90.1 Å². The van der Waals surface area contributed by atoms with E-state index >= 15 is 0 Å². The first kappa shape index (κ1) is 25.6. The summed E-state index contributed by atoms with van der Waals surface area (Å²) in [4.78, 5) is 27.8. The number of methoxy groups -OCH3 is 1. The Morgan fingerprint density at radius 1 is 1.03 bits per heavy atom. The molecular weight excluding hydrogens is 492 g/mol. The van der Waals surface area contributed by atoms with Gasteiger partial charge in [-0.1, -0.05) is 24.3 Å². The largest absolute Gasteiger partial charge is 0.497 e. The maximum Gasteiger partial charge on any atom is 0.337 e. The quantitative estimate of drug-likeness (QED) is 0.312. The fourth-order valence-electron chi connectivity index (χ4n) is 4.05. The molecule has 0 aliphatic heterocycles. The number of carboxylic acid groups (broad SMARTS) is 1. The lowest BCUT2D eigenvalue weighted by molar-refractivity contribution is 0.0697. The van der Waals surface area contributed by atoms with E-state index in [0.717, 1.165) is 4.31 Å². The van der Waals surface area contributed by atoms with Crippen LogP contribution in [0.25, 0.3) is 11.1 Å². The van der Waals surface area contributed by atoms with Crippen molar-refractivity contribution in [2.45, 2.75) is 18.4 Å². The highest BCUT2D eigenvalue weighted by atomic mass is 32.2. The first-order chi connectivity index (χ1) is 17.7. The number of pyridine rings is 1. The van der Waals surface area contributed by atoms with Crippen molar-refractivity contribution >= 4 is 28.0 Å². The lowest BCUT2D eigenvalue weighted by atomic mass is 9.97. The minimum absolute atomic E-state index is 0.0179. The number of anilines is 1. The molecule has 8 nitrogen and oxygen atoms in total. The van der Waals surface area contributed by atoms with E-state index in [1.165, 1.54) is 43.6 Å². The van der Waals surface area contributed by atoms with Crippen LogP contribution >= 0.6 is 0 Å². The molecule has 0 amide bonds. The Kier molecular flexibility index (Phi) is 7.35. The highest BCUT2D eigenvalue weighted by molar-refractivity contribution is 7.92. The molecule has 188 valence electrons. The first-order valence-corrected chi connectivity index (χ1v) is 12.7. The van der Waals surface area contributed by atoms with E-state index in [1.807, 2.05) is 0 Å². The van der Waals surface area contributed by atoms with Crippen molar-refractivity contribution in [3.63, 3.8) is 0 Å². The lowest BCUT2D eigenvalue weighted by Gasteiger charge is -2.28. The van der Waals surface area contributed by atoms with Crippen molar-refractivity contribution in [2.75, 3.05) is 11.4 Å². The van der Waals surface area contributed by atoms with Gasteiger partial charge in [-0.15, -0.1) is 0 Å². The first-order valence-electron chi connectivity index (χ1n) is 11.2. The standard InChI is InChI=1S/C28H24N2O6S/c1-19-13-23(22-7-3-5-20(14-22)18-31)15-26(28(32)33)27(19)30(17-21-6-4-12-29-16-21)37(34,35)25-10-8-24(36-2)9-11-25/h3-16,18H,17H2,1-2H3,(H,32,33). The number of carbonyl (C=O) groups excluding carboxylic acids is 1. The third-order valence-corrected chi connectivity index (χ3v) is 7.59. The summed E-state index contributed by atoms with van der Waals surface area (Å²) in [5.41, 5.74) is 2.50. The van der Waals surface area contributed by atoms with Gasteiger partial charge in [-0.05, 0) is 77.7 Å². The van der Waals surface area contributed by atoms with Gasteiger partial charge in [0.2, 0.25) is 0 Å². The molecule has 4 rings (SSSR count). The maximum absolute atomic E-state index is 13.9. The van der Waals surface area contributed by atoms with Crippen LogP contribution in [0.5, 0.6) is 5.75 Å². The Balaban J connectivity index is 1.93. The van der Waals surface area contributed by atoms with Crippen molar-refractivity contribution in [3.8, 4) is 16.9 Å². The Hall–Kier alpha value is -4.50. The van der Waals surface area contributed by atoms with Crippen LogP contribution in [-0.4, -0.2) is 37.9 Å². The predicted molar refractivity (Wildman–Crippen MR) is 140 cm³/mol. The van der Waals surface area contributed by atoms with Crippen LogP contribution in [-0.2, 0) is 16.6 Å². The van der Waals surface area contributed by atoms with E-state index in [-0.39, 0.29) is 22.7 Å². The number of sulfonamides is 1. The summed E-state index contributed by atoms with van der Waals surface area (Å²) in [6.07, 6.45) is 3.81. The van der Waals surface area contributed by atoms with E-state index in [4.69, 9.17) is 4.74 Å². The Bertz CT molecular complexity index is 1550. The number of rotatable bonds is 9. The maximum atomic E-state index is 13.9. The monoisotopic (exact) mass is 516 g/mol. The zero-order chi connectivity index (χ0) is 26.6. The van der Waals surface area contributed by atoms with Gasteiger partial charge in [-0.2, -0.15) is 0 Å². The second kappa shape index (κ2) is 10.6. The predicted octanol–water partition coefficient (Wildman–Crippen LogP) is 4.97. The number of aromatic nitrogens is 1. The molecule has 0 fully saturated rings. The minimum atomic E-state index is -4.20. The van der Waals surface area contributed by atoms with Crippen molar-refractivity contribution in [1.82, 2.24) is 4.98 Å². The molecule has 0 atom stereocenters. The minimum Gasteiger partial charge on any atom is -0.497 e. The number of hydrogen-bond donors (Lipinski definition) is 1. The number of benzene rings is 3. The molecule has 0 saturated heterocycles. The highest BCUT2D eigenvalue weighted by Gasteiger charge is 2.31. The van der Waals surface area contributed by atoms with Gasteiger partial charge < -0.3 is 9.84 Å². The average Bonchev–Trinajstić information content (AvgIpc) is 2.92. The number of ether oxygens (including phenoxy) is 1. The zero-order valence-corrected chi connectivity index (χ0v) is 21.0. The Morgan fingerprint density at radius 3 is 2.41 bits per heavy atom. The number of carbonyl (C=O) groups is 2. The van der Waals surface area contributed by atoms with Gasteiger partial charge in [0.25, 0.3) is 10.0 Å². The van der Waals surface area contributed by atoms with Crippen LogP contribution in [0.3, 0.4) is 0 Å². The molecule has 1 aromatic heterocycles. The molecule has 0 aliphatic rings. The van der Waals surface area contributed by atoms with Gasteiger partial charge in [0, 0.05) is 18.0 Å². The van der Waals surface area contributed by atoms with Gasteiger partial charge in [-0.3, -0.25) is 14.1 Å². The number of aldehydes is 1. The number of aromatic carboxylic acids is 1. The fraction of sp³-hybridized carbons (Fsp3) is 0.107. The molecule has 9 heteroatoms. The zero-order valence-electron chi connectivity index (χ0n) is 20.2. The number of hydrogen-bond acceptors (Lipinski definition) is 6. The van der Waals surface area contributed by atoms with E-state index in [9.17, 15) is 23.1 Å². The lowest BCUT2D eigenvalue weighted by Crippen LogP contribution is -2.32. The van der Waals surface area contributed by atoms with Gasteiger partial charge in [0.05, 0.1) is 29.8 Å². The van der Waals surface area contributed by atoms with Gasteiger partial charge in [-0.25, -0.2) is 13.2 Å². The van der Waals surface area contributed by atoms with E-state index in [1.54, 1.807) is 55.6 Å². The Morgan fingerprint density at radius 2 is 1.78 bits per heavy atom. The summed E-state index contributed by atoms with van der Waals surface area (Å²) < 4.78 is 34.1. The third kappa shape index (κ3) is 5.36. The van der Waals surface area contributed by atoms with Crippen molar-refractivity contribution in [3.05, 3.63) is 107 Å². The van der Waals surface area contributed by atoms with Crippen LogP contribution in [0.2, 0.25) is 0 Å². The molecule has 0 radical (unpaired) electrons. The smallest absolute Gasteiger partial charge is 0.337 e. The van der Waals surface area contributed by atoms with Crippen LogP contribution in [0.1, 0.15) is 31.8 Å². The molecule has 3 aromatic carbocycles. The molecule has 37 heavy (non-hydrogen) atoms. The van der Waals surface area contributed by atoms with Crippen LogP contribution < -0.4 is 9.04 Å². The molecule has 1 N–H and O–H groups in total. The fourth-order valence-corrected chi connectivity index (χ4v) is 5.58. The van der Waals surface area contributed by atoms with E-state index < -0.39 is 16.0 Å². The summed E-state index contributed by atoms with van der Waals surface area (Å²) in [6.45, 7) is 1.53. The molecule has 1 heterocycles. The average molecular weight is 517 g/mol. The number of nitrogens with zero attached hydrogens (tertiary/aromatic N) is 2. The van der Waals surface area contributed by atoms with Crippen LogP contribution in [0, 0.1) is 6.92 Å². The summed E-state index contributed by atoms with van der Waals surface area (Å²) in [6, 6.07) is 19.2. The molecule has 0 spiro atoms. The molecular formula is C28H24N2O6S. The van der Waals surface area contributed by atoms with E-state index in [0.29, 0.717) is 39.9 Å². The van der Waals surface area contributed by atoms with Crippen molar-refractivity contribution in [2.24, 2.45) is 0 Å². The molecule has 4 aromatic rings. The second-order valence-electron chi connectivity index (χ2n) is 8.29. The number of carboxylic acids is 1. The normalized spacial score (nSPS) is 11.1. The highest BCUT2D eigenvalue weighted by Crippen LogP contribution is 2.36. The summed E-state index contributed by atoms with van der Waals surface area (Å²) in [5, 5.41) is 10.2.